The third-order valence-corrected chi connectivity index (χ3v) is 4.39. The molecule has 0 spiro atoms. The lowest BCUT2D eigenvalue weighted by atomic mass is 10.2. The molecule has 2 aromatic rings. The van der Waals surface area contributed by atoms with Crippen LogP contribution in [0.2, 0.25) is 0 Å². The molecular weight excluding hydrogens is 274 g/mol. The van der Waals surface area contributed by atoms with Gasteiger partial charge in [0.2, 0.25) is 5.76 Å². The number of carboxylic acid groups (broad SMARTS) is 1. The zero-order chi connectivity index (χ0) is 14.9. The summed E-state index contributed by atoms with van der Waals surface area (Å²) < 4.78 is 5.46. The first kappa shape index (κ1) is 14.8. The molecular formula is C15H19NO3S. The van der Waals surface area contributed by atoms with Gasteiger partial charge in [0.1, 0.15) is 5.76 Å². The Morgan fingerprint density at radius 1 is 1.45 bits per heavy atom. The van der Waals surface area contributed by atoms with Crippen LogP contribution in [0.15, 0.2) is 22.6 Å². The molecule has 5 heteroatoms. The van der Waals surface area contributed by atoms with E-state index in [1.54, 1.807) is 18.3 Å². The normalized spacial score (nSPS) is 12.8. The Hall–Kier alpha value is -1.59. The van der Waals surface area contributed by atoms with Gasteiger partial charge in [-0.3, -0.25) is 4.90 Å². The largest absolute Gasteiger partial charge is 0.475 e. The SMILES string of the molecule is Cc1ccc(CN(C)C(C)c2cc(C)c(C(=O)O)o2)s1. The summed E-state index contributed by atoms with van der Waals surface area (Å²) in [7, 11) is 2.01. The molecule has 0 aliphatic carbocycles. The van der Waals surface area contributed by atoms with Crippen LogP contribution in [0.25, 0.3) is 0 Å². The highest BCUT2D eigenvalue weighted by Crippen LogP contribution is 2.27. The van der Waals surface area contributed by atoms with Crippen molar-refractivity contribution in [2.24, 2.45) is 0 Å². The second-order valence-electron chi connectivity index (χ2n) is 5.07. The molecule has 0 aliphatic rings. The standard InChI is InChI=1S/C15H19NO3S/c1-9-7-13(19-14(9)15(17)18)11(3)16(4)8-12-6-5-10(2)20-12/h5-7,11H,8H2,1-4H3,(H,17,18). The van der Waals surface area contributed by atoms with E-state index >= 15 is 0 Å². The van der Waals surface area contributed by atoms with Crippen molar-refractivity contribution >= 4 is 17.3 Å². The number of nitrogens with zero attached hydrogens (tertiary/aromatic N) is 1. The second kappa shape index (κ2) is 5.81. The van der Waals surface area contributed by atoms with Gasteiger partial charge in [-0.2, -0.15) is 0 Å². The van der Waals surface area contributed by atoms with E-state index in [1.165, 1.54) is 9.75 Å². The number of thiophene rings is 1. The summed E-state index contributed by atoms with van der Waals surface area (Å²) >= 11 is 1.78. The predicted molar refractivity (Wildman–Crippen MR) is 79.3 cm³/mol. The van der Waals surface area contributed by atoms with Gasteiger partial charge in [-0.15, -0.1) is 11.3 Å². The van der Waals surface area contributed by atoms with E-state index in [0.717, 1.165) is 6.54 Å². The first-order valence-electron chi connectivity index (χ1n) is 6.47. The van der Waals surface area contributed by atoms with Gasteiger partial charge in [0, 0.05) is 21.9 Å². The van der Waals surface area contributed by atoms with Crippen LogP contribution in [0.1, 0.15) is 44.6 Å². The predicted octanol–water partition coefficient (Wildman–Crippen LogP) is 3.85. The number of rotatable bonds is 5. The Bertz CT molecular complexity index is 614. The zero-order valence-corrected chi connectivity index (χ0v) is 13.0. The maximum absolute atomic E-state index is 11.0. The van der Waals surface area contributed by atoms with Crippen molar-refractivity contribution in [1.82, 2.24) is 4.90 Å². The fraction of sp³-hybridized carbons (Fsp3) is 0.400. The quantitative estimate of drug-likeness (QED) is 0.909. The highest BCUT2D eigenvalue weighted by molar-refractivity contribution is 7.11. The molecule has 0 fully saturated rings. The minimum absolute atomic E-state index is 0.0317. The van der Waals surface area contributed by atoms with Crippen LogP contribution in [0, 0.1) is 13.8 Å². The van der Waals surface area contributed by atoms with Crippen molar-refractivity contribution in [3.05, 3.63) is 45.0 Å². The van der Waals surface area contributed by atoms with E-state index in [-0.39, 0.29) is 11.8 Å². The van der Waals surface area contributed by atoms with Crippen LogP contribution in [-0.4, -0.2) is 23.0 Å². The first-order valence-corrected chi connectivity index (χ1v) is 7.29. The summed E-state index contributed by atoms with van der Waals surface area (Å²) in [5, 5.41) is 9.03. The summed E-state index contributed by atoms with van der Waals surface area (Å²) in [6.07, 6.45) is 0. The van der Waals surface area contributed by atoms with Gasteiger partial charge in [0.05, 0.1) is 6.04 Å². The average Bonchev–Trinajstić information content (AvgIpc) is 2.94. The van der Waals surface area contributed by atoms with Crippen molar-refractivity contribution in [3.63, 3.8) is 0 Å². The fourth-order valence-electron chi connectivity index (χ4n) is 2.10. The number of aromatic carboxylic acids is 1. The lowest BCUT2D eigenvalue weighted by Gasteiger charge is -2.22. The van der Waals surface area contributed by atoms with E-state index in [4.69, 9.17) is 9.52 Å². The van der Waals surface area contributed by atoms with Gasteiger partial charge < -0.3 is 9.52 Å². The number of hydrogen-bond acceptors (Lipinski definition) is 4. The Morgan fingerprint density at radius 3 is 2.65 bits per heavy atom. The molecule has 0 saturated heterocycles. The minimum Gasteiger partial charge on any atom is -0.475 e. The van der Waals surface area contributed by atoms with Gasteiger partial charge in [-0.25, -0.2) is 4.79 Å². The van der Waals surface area contributed by atoms with E-state index in [0.29, 0.717) is 11.3 Å². The Kier molecular flexibility index (Phi) is 4.30. The van der Waals surface area contributed by atoms with Crippen LogP contribution in [0.5, 0.6) is 0 Å². The summed E-state index contributed by atoms with van der Waals surface area (Å²) in [5.74, 6) is -0.291. The molecule has 0 aromatic carbocycles. The van der Waals surface area contributed by atoms with Crippen molar-refractivity contribution < 1.29 is 14.3 Å². The molecule has 2 rings (SSSR count). The molecule has 20 heavy (non-hydrogen) atoms. The van der Waals surface area contributed by atoms with Gasteiger partial charge in [-0.1, -0.05) is 0 Å². The summed E-state index contributed by atoms with van der Waals surface area (Å²) in [6.45, 7) is 6.69. The lowest BCUT2D eigenvalue weighted by molar-refractivity contribution is 0.0655. The van der Waals surface area contributed by atoms with Crippen LogP contribution in [-0.2, 0) is 6.54 Å². The van der Waals surface area contributed by atoms with Crippen molar-refractivity contribution in [3.8, 4) is 0 Å². The molecule has 0 saturated carbocycles. The number of carbonyl (C=O) groups is 1. The van der Waals surface area contributed by atoms with Crippen LogP contribution in [0.4, 0.5) is 0 Å². The Balaban J connectivity index is 2.12. The molecule has 1 atom stereocenters. The maximum Gasteiger partial charge on any atom is 0.372 e. The summed E-state index contributed by atoms with van der Waals surface area (Å²) in [6, 6.07) is 6.07. The van der Waals surface area contributed by atoms with E-state index in [1.807, 2.05) is 20.0 Å². The average molecular weight is 293 g/mol. The molecule has 108 valence electrons. The molecule has 4 nitrogen and oxygen atoms in total. The van der Waals surface area contributed by atoms with Gasteiger partial charge in [0.15, 0.2) is 0 Å². The zero-order valence-electron chi connectivity index (χ0n) is 12.1. The highest BCUT2D eigenvalue weighted by atomic mass is 32.1. The van der Waals surface area contributed by atoms with Crippen LogP contribution < -0.4 is 0 Å². The van der Waals surface area contributed by atoms with E-state index in [9.17, 15) is 4.79 Å². The third-order valence-electron chi connectivity index (χ3n) is 3.41. The summed E-state index contributed by atoms with van der Waals surface area (Å²) in [5.41, 5.74) is 0.666. The molecule has 1 unspecified atom stereocenters. The second-order valence-corrected chi connectivity index (χ2v) is 6.44. The number of furan rings is 1. The Morgan fingerprint density at radius 2 is 2.15 bits per heavy atom. The highest BCUT2D eigenvalue weighted by Gasteiger charge is 2.21. The smallest absolute Gasteiger partial charge is 0.372 e. The molecule has 0 bridgehead atoms. The fourth-order valence-corrected chi connectivity index (χ4v) is 3.05. The van der Waals surface area contributed by atoms with Crippen molar-refractivity contribution in [1.29, 1.82) is 0 Å². The third kappa shape index (κ3) is 3.11. The van der Waals surface area contributed by atoms with Gasteiger partial charge >= 0.3 is 5.97 Å². The first-order chi connectivity index (χ1) is 9.38. The van der Waals surface area contributed by atoms with Gasteiger partial charge in [0.25, 0.3) is 0 Å². The van der Waals surface area contributed by atoms with Crippen LogP contribution in [0.3, 0.4) is 0 Å². The van der Waals surface area contributed by atoms with Crippen molar-refractivity contribution in [2.75, 3.05) is 7.05 Å². The monoisotopic (exact) mass is 293 g/mol. The molecule has 2 aromatic heterocycles. The molecule has 2 heterocycles. The van der Waals surface area contributed by atoms with E-state index < -0.39 is 5.97 Å². The van der Waals surface area contributed by atoms with E-state index in [2.05, 4.69) is 24.0 Å². The molecule has 1 N–H and O–H groups in total. The molecule has 0 radical (unpaired) electrons. The van der Waals surface area contributed by atoms with Crippen molar-refractivity contribution in [2.45, 2.75) is 33.4 Å². The number of hydrogen-bond donors (Lipinski definition) is 1. The number of carboxylic acids is 1. The molecule has 0 amide bonds. The molecule has 0 aliphatic heterocycles. The van der Waals surface area contributed by atoms with Crippen LogP contribution >= 0.6 is 11.3 Å². The lowest BCUT2D eigenvalue weighted by Crippen LogP contribution is -2.21. The minimum atomic E-state index is -1.02. The Labute approximate surface area is 122 Å². The maximum atomic E-state index is 11.0. The topological polar surface area (TPSA) is 53.7 Å². The van der Waals surface area contributed by atoms with Gasteiger partial charge in [-0.05, 0) is 46.0 Å². The summed E-state index contributed by atoms with van der Waals surface area (Å²) in [4.78, 5) is 15.7. The number of aryl methyl sites for hydroxylation is 2.